The van der Waals surface area contributed by atoms with Gasteiger partial charge in [0.25, 0.3) is 5.91 Å². The van der Waals surface area contributed by atoms with Crippen molar-refractivity contribution in [3.63, 3.8) is 0 Å². The molecule has 16 heavy (non-hydrogen) atoms. The molecule has 0 saturated carbocycles. The van der Waals surface area contributed by atoms with Crippen LogP contribution in [0.5, 0.6) is 0 Å². The van der Waals surface area contributed by atoms with Crippen LogP contribution in [-0.2, 0) is 4.79 Å². The fourth-order valence-corrected chi connectivity index (χ4v) is 2.95. The summed E-state index contributed by atoms with van der Waals surface area (Å²) in [5.74, 6) is 1.39. The molecule has 1 saturated heterocycles. The van der Waals surface area contributed by atoms with E-state index in [-0.39, 0.29) is 17.5 Å². The monoisotopic (exact) mass is 244 g/mol. The third kappa shape index (κ3) is 2.19. The Balaban J connectivity index is 3.02. The van der Waals surface area contributed by atoms with Crippen LogP contribution < -0.4 is 5.32 Å². The highest BCUT2D eigenvalue weighted by Gasteiger charge is 2.53. The van der Waals surface area contributed by atoms with Crippen LogP contribution in [0.25, 0.3) is 0 Å². The van der Waals surface area contributed by atoms with Gasteiger partial charge >= 0.3 is 6.03 Å². The summed E-state index contributed by atoms with van der Waals surface area (Å²) < 4.78 is 0. The quantitative estimate of drug-likeness (QED) is 0.771. The summed E-state index contributed by atoms with van der Waals surface area (Å²) in [5.41, 5.74) is -1.07. The molecule has 1 fully saturated rings. The normalized spacial score (nSPS) is 26.2. The van der Waals surface area contributed by atoms with E-state index in [0.717, 1.165) is 5.75 Å². The molecule has 1 heterocycles. The molecule has 5 heteroatoms. The van der Waals surface area contributed by atoms with E-state index in [9.17, 15) is 9.59 Å². The van der Waals surface area contributed by atoms with Gasteiger partial charge in [0.2, 0.25) is 0 Å². The molecule has 0 aromatic heterocycles. The maximum Gasteiger partial charge on any atom is 0.325 e. The van der Waals surface area contributed by atoms with E-state index in [1.807, 2.05) is 34.6 Å². The minimum Gasteiger partial charge on any atom is -0.304 e. The number of hydrogen-bond donors (Lipinski definition) is 1. The Bertz CT molecular complexity index is 312. The van der Waals surface area contributed by atoms with E-state index < -0.39 is 5.54 Å². The molecule has 1 N–H and O–H groups in total. The number of nitrogens with one attached hydrogen (secondary N) is 1. The van der Waals surface area contributed by atoms with E-state index in [4.69, 9.17) is 0 Å². The predicted octanol–water partition coefficient (Wildman–Crippen LogP) is 1.85. The SMILES string of the molecule is CCSC[C@]1(C)C(=O)NC(=O)N1C(C)(C)C. The van der Waals surface area contributed by atoms with E-state index in [1.165, 1.54) is 0 Å². The summed E-state index contributed by atoms with van der Waals surface area (Å²) >= 11 is 1.68. The van der Waals surface area contributed by atoms with Crippen molar-refractivity contribution in [2.24, 2.45) is 0 Å². The summed E-state index contributed by atoms with van der Waals surface area (Å²) in [6, 6.07) is -0.281. The number of urea groups is 1. The van der Waals surface area contributed by atoms with Gasteiger partial charge in [0.1, 0.15) is 5.54 Å². The zero-order valence-electron chi connectivity index (χ0n) is 10.6. The zero-order chi connectivity index (χ0) is 12.6. The average molecular weight is 244 g/mol. The Kier molecular flexibility index (Phi) is 3.57. The number of rotatable bonds is 3. The van der Waals surface area contributed by atoms with Crippen LogP contribution in [-0.4, -0.2) is 39.4 Å². The Labute approximate surface area is 101 Å². The van der Waals surface area contributed by atoms with Gasteiger partial charge in [0, 0.05) is 11.3 Å². The lowest BCUT2D eigenvalue weighted by atomic mass is 9.96. The molecule has 92 valence electrons. The summed E-state index contributed by atoms with van der Waals surface area (Å²) in [7, 11) is 0. The van der Waals surface area contributed by atoms with Crippen molar-refractivity contribution in [1.82, 2.24) is 10.2 Å². The van der Waals surface area contributed by atoms with Crippen molar-refractivity contribution < 1.29 is 9.59 Å². The van der Waals surface area contributed by atoms with E-state index in [1.54, 1.807) is 16.7 Å². The highest BCUT2D eigenvalue weighted by molar-refractivity contribution is 7.99. The highest BCUT2D eigenvalue weighted by atomic mass is 32.2. The highest BCUT2D eigenvalue weighted by Crippen LogP contribution is 2.32. The van der Waals surface area contributed by atoms with Crippen LogP contribution in [0, 0.1) is 0 Å². The van der Waals surface area contributed by atoms with Crippen LogP contribution in [0.15, 0.2) is 0 Å². The van der Waals surface area contributed by atoms with Crippen molar-refractivity contribution in [1.29, 1.82) is 0 Å². The summed E-state index contributed by atoms with van der Waals surface area (Å²) in [6.07, 6.45) is 0. The second-order valence-electron chi connectivity index (χ2n) is 5.18. The van der Waals surface area contributed by atoms with Crippen molar-refractivity contribution in [2.45, 2.75) is 45.7 Å². The summed E-state index contributed by atoms with van der Waals surface area (Å²) in [6.45, 7) is 9.71. The van der Waals surface area contributed by atoms with E-state index in [2.05, 4.69) is 5.32 Å². The molecule has 1 aliphatic rings. The van der Waals surface area contributed by atoms with Gasteiger partial charge in [-0.1, -0.05) is 6.92 Å². The maximum absolute atomic E-state index is 11.9. The third-order valence-corrected chi connectivity index (χ3v) is 3.84. The summed E-state index contributed by atoms with van der Waals surface area (Å²) in [4.78, 5) is 25.3. The molecular weight excluding hydrogens is 224 g/mol. The van der Waals surface area contributed by atoms with Crippen LogP contribution in [0.1, 0.15) is 34.6 Å². The van der Waals surface area contributed by atoms with Crippen LogP contribution in [0.4, 0.5) is 4.79 Å². The fraction of sp³-hybridized carbons (Fsp3) is 0.818. The first kappa shape index (κ1) is 13.4. The van der Waals surface area contributed by atoms with Gasteiger partial charge in [0.15, 0.2) is 0 Å². The van der Waals surface area contributed by atoms with E-state index in [0.29, 0.717) is 5.75 Å². The van der Waals surface area contributed by atoms with Crippen molar-refractivity contribution in [3.05, 3.63) is 0 Å². The lowest BCUT2D eigenvalue weighted by Gasteiger charge is -2.41. The van der Waals surface area contributed by atoms with Crippen molar-refractivity contribution in [3.8, 4) is 0 Å². The first-order chi connectivity index (χ1) is 7.23. The number of hydrogen-bond acceptors (Lipinski definition) is 3. The molecule has 1 rings (SSSR count). The molecule has 3 amide bonds. The van der Waals surface area contributed by atoms with Gasteiger partial charge in [-0.25, -0.2) is 4.79 Å². The molecule has 1 atom stereocenters. The molecule has 0 bridgehead atoms. The molecule has 0 unspecified atom stereocenters. The second kappa shape index (κ2) is 4.28. The maximum atomic E-state index is 11.9. The first-order valence-corrected chi connectivity index (χ1v) is 6.62. The molecule has 0 aromatic carbocycles. The molecule has 0 aromatic rings. The number of thioether (sulfide) groups is 1. The van der Waals surface area contributed by atoms with Gasteiger partial charge < -0.3 is 4.90 Å². The number of imide groups is 1. The van der Waals surface area contributed by atoms with Gasteiger partial charge in [0.05, 0.1) is 0 Å². The lowest BCUT2D eigenvalue weighted by molar-refractivity contribution is -0.126. The van der Waals surface area contributed by atoms with Gasteiger partial charge in [-0.2, -0.15) is 11.8 Å². The average Bonchev–Trinajstić information content (AvgIpc) is 2.33. The number of amides is 3. The standard InChI is InChI=1S/C11H20N2O2S/c1-6-16-7-11(5)8(14)12-9(15)13(11)10(2,3)4/h6-7H2,1-5H3,(H,12,14,15)/t11-/m1/s1. The third-order valence-electron chi connectivity index (χ3n) is 2.66. The summed E-state index contributed by atoms with van der Waals surface area (Å²) in [5, 5.41) is 2.41. The fourth-order valence-electron chi connectivity index (χ4n) is 2.09. The number of nitrogens with zero attached hydrogens (tertiary/aromatic N) is 1. The largest absolute Gasteiger partial charge is 0.325 e. The van der Waals surface area contributed by atoms with Crippen molar-refractivity contribution >= 4 is 23.7 Å². The topological polar surface area (TPSA) is 49.4 Å². The molecule has 0 aliphatic carbocycles. The zero-order valence-corrected chi connectivity index (χ0v) is 11.4. The van der Waals surface area contributed by atoms with Crippen LogP contribution in [0.2, 0.25) is 0 Å². The van der Waals surface area contributed by atoms with Gasteiger partial charge in [-0.05, 0) is 33.4 Å². The second-order valence-corrected chi connectivity index (χ2v) is 6.45. The first-order valence-electron chi connectivity index (χ1n) is 5.47. The number of carbonyl (C=O) groups is 2. The molecule has 4 nitrogen and oxygen atoms in total. The minimum absolute atomic E-state index is 0.187. The molecule has 0 radical (unpaired) electrons. The minimum atomic E-state index is -0.726. The smallest absolute Gasteiger partial charge is 0.304 e. The van der Waals surface area contributed by atoms with Gasteiger partial charge in [-0.15, -0.1) is 0 Å². The Morgan fingerprint density at radius 2 is 1.94 bits per heavy atom. The molecule has 1 aliphatic heterocycles. The Morgan fingerprint density at radius 3 is 2.38 bits per heavy atom. The lowest BCUT2D eigenvalue weighted by Crippen LogP contribution is -2.57. The molecule has 0 spiro atoms. The Morgan fingerprint density at radius 1 is 1.38 bits per heavy atom. The van der Waals surface area contributed by atoms with Gasteiger partial charge in [-0.3, -0.25) is 10.1 Å². The number of carbonyl (C=O) groups excluding carboxylic acids is 2. The van der Waals surface area contributed by atoms with E-state index >= 15 is 0 Å². The van der Waals surface area contributed by atoms with Crippen LogP contribution >= 0.6 is 11.8 Å². The van der Waals surface area contributed by atoms with Crippen molar-refractivity contribution in [2.75, 3.05) is 11.5 Å². The Hall–Kier alpha value is -0.710. The van der Waals surface area contributed by atoms with Crippen LogP contribution in [0.3, 0.4) is 0 Å². The predicted molar refractivity (Wildman–Crippen MR) is 66.5 cm³/mol. The molecular formula is C11H20N2O2S.